The Balaban J connectivity index is 2.03. The molecule has 0 spiro atoms. The second-order valence-electron chi connectivity index (χ2n) is 6.05. The minimum Gasteiger partial charge on any atom is -0.493 e. The van der Waals surface area contributed by atoms with Gasteiger partial charge >= 0.3 is 0 Å². The minimum atomic E-state index is 0.468. The fraction of sp³-hybridized carbons (Fsp3) is 0.667. The second kappa shape index (κ2) is 6.62. The van der Waals surface area contributed by atoms with E-state index < -0.39 is 0 Å². The molecular formula is C18H28O2. The average molecular weight is 276 g/mol. The first-order chi connectivity index (χ1) is 9.58. The molecule has 1 heterocycles. The van der Waals surface area contributed by atoms with Gasteiger partial charge in [0.25, 0.3) is 0 Å². The van der Waals surface area contributed by atoms with Gasteiger partial charge in [-0.15, -0.1) is 0 Å². The highest BCUT2D eigenvalue weighted by molar-refractivity contribution is 5.43. The molecule has 2 heteroatoms. The van der Waals surface area contributed by atoms with Crippen LogP contribution in [-0.4, -0.2) is 18.8 Å². The van der Waals surface area contributed by atoms with E-state index in [0.717, 1.165) is 31.6 Å². The molecule has 20 heavy (non-hydrogen) atoms. The summed E-state index contributed by atoms with van der Waals surface area (Å²) in [6, 6.07) is 4.36. The first kappa shape index (κ1) is 15.4. The molecule has 1 aromatic rings. The van der Waals surface area contributed by atoms with Crippen molar-refractivity contribution in [3.8, 4) is 5.75 Å². The van der Waals surface area contributed by atoms with Gasteiger partial charge in [-0.1, -0.05) is 26.8 Å². The summed E-state index contributed by atoms with van der Waals surface area (Å²) in [5.74, 6) is 1.63. The maximum absolute atomic E-state index is 5.80. The molecule has 2 nitrogen and oxygen atoms in total. The molecule has 0 amide bonds. The summed E-state index contributed by atoms with van der Waals surface area (Å²) >= 11 is 0. The van der Waals surface area contributed by atoms with Crippen LogP contribution >= 0.6 is 0 Å². The predicted octanol–water partition coefficient (Wildman–Crippen LogP) is 4.45. The Morgan fingerprint density at radius 2 is 1.95 bits per heavy atom. The lowest BCUT2D eigenvalue weighted by molar-refractivity contribution is 0.314. The van der Waals surface area contributed by atoms with E-state index in [0.29, 0.717) is 18.1 Å². The third-order valence-electron chi connectivity index (χ3n) is 4.44. The largest absolute Gasteiger partial charge is 0.493 e. The van der Waals surface area contributed by atoms with Crippen LogP contribution in [0.2, 0.25) is 0 Å². The third kappa shape index (κ3) is 3.35. The number of benzene rings is 1. The Hall–Kier alpha value is -1.02. The topological polar surface area (TPSA) is 21.8 Å². The van der Waals surface area contributed by atoms with Crippen LogP contribution in [-0.2, 0) is 11.2 Å². The molecule has 0 saturated carbocycles. The van der Waals surface area contributed by atoms with Crippen molar-refractivity contribution >= 4 is 0 Å². The molecule has 1 aliphatic rings. The van der Waals surface area contributed by atoms with Crippen LogP contribution in [0.4, 0.5) is 0 Å². The fourth-order valence-corrected chi connectivity index (χ4v) is 2.89. The van der Waals surface area contributed by atoms with Crippen LogP contribution in [0.1, 0.15) is 50.3 Å². The van der Waals surface area contributed by atoms with Gasteiger partial charge in [-0.3, -0.25) is 0 Å². The monoisotopic (exact) mass is 276 g/mol. The Kier molecular flexibility index (Phi) is 5.09. The van der Waals surface area contributed by atoms with Crippen LogP contribution in [0.25, 0.3) is 0 Å². The van der Waals surface area contributed by atoms with Gasteiger partial charge in [0.1, 0.15) is 5.75 Å². The first-order valence-electron chi connectivity index (χ1n) is 7.95. The molecule has 1 fully saturated rings. The van der Waals surface area contributed by atoms with Crippen molar-refractivity contribution in [2.45, 2.75) is 66.1 Å². The van der Waals surface area contributed by atoms with Crippen molar-refractivity contribution in [3.05, 3.63) is 28.8 Å². The van der Waals surface area contributed by atoms with Crippen molar-refractivity contribution in [3.63, 3.8) is 0 Å². The highest BCUT2D eigenvalue weighted by Gasteiger charge is 2.41. The zero-order chi connectivity index (χ0) is 14.7. The van der Waals surface area contributed by atoms with Gasteiger partial charge in [-0.05, 0) is 61.8 Å². The SMILES string of the molecule is CCCOc1ccc(CC(C)C2OC2CC)c(C)c1C. The summed E-state index contributed by atoms with van der Waals surface area (Å²) in [6.07, 6.45) is 4.25. The van der Waals surface area contributed by atoms with Crippen LogP contribution in [0.5, 0.6) is 5.75 Å². The number of rotatable bonds is 7. The van der Waals surface area contributed by atoms with Gasteiger partial charge in [-0.2, -0.15) is 0 Å². The Morgan fingerprint density at radius 1 is 1.20 bits per heavy atom. The van der Waals surface area contributed by atoms with E-state index in [1.165, 1.54) is 16.7 Å². The van der Waals surface area contributed by atoms with Crippen LogP contribution in [0, 0.1) is 19.8 Å². The van der Waals surface area contributed by atoms with Crippen LogP contribution < -0.4 is 4.74 Å². The summed E-state index contributed by atoms with van der Waals surface area (Å²) in [5, 5.41) is 0. The summed E-state index contributed by atoms with van der Waals surface area (Å²) in [4.78, 5) is 0. The molecule has 3 unspecified atom stereocenters. The van der Waals surface area contributed by atoms with Gasteiger partial charge in [0.05, 0.1) is 18.8 Å². The molecule has 2 rings (SSSR count). The van der Waals surface area contributed by atoms with Gasteiger partial charge in [0.15, 0.2) is 0 Å². The lowest BCUT2D eigenvalue weighted by Crippen LogP contribution is -2.11. The first-order valence-corrected chi connectivity index (χ1v) is 7.95. The number of epoxide rings is 1. The van der Waals surface area contributed by atoms with E-state index in [-0.39, 0.29) is 0 Å². The molecule has 0 bridgehead atoms. The molecule has 1 saturated heterocycles. The third-order valence-corrected chi connectivity index (χ3v) is 4.44. The highest BCUT2D eigenvalue weighted by atomic mass is 16.6. The normalized spacial score (nSPS) is 22.6. The van der Waals surface area contributed by atoms with Crippen molar-refractivity contribution in [1.82, 2.24) is 0 Å². The molecule has 0 aromatic heterocycles. The van der Waals surface area contributed by atoms with Crippen molar-refractivity contribution in [2.75, 3.05) is 6.61 Å². The zero-order valence-corrected chi connectivity index (χ0v) is 13.5. The van der Waals surface area contributed by atoms with Crippen LogP contribution in [0.15, 0.2) is 12.1 Å². The minimum absolute atomic E-state index is 0.468. The van der Waals surface area contributed by atoms with E-state index >= 15 is 0 Å². The van der Waals surface area contributed by atoms with Gasteiger partial charge in [-0.25, -0.2) is 0 Å². The van der Waals surface area contributed by atoms with E-state index in [1.54, 1.807) is 0 Å². The Labute approximate surface area is 123 Å². The smallest absolute Gasteiger partial charge is 0.122 e. The van der Waals surface area contributed by atoms with E-state index in [4.69, 9.17) is 9.47 Å². The van der Waals surface area contributed by atoms with Gasteiger partial charge < -0.3 is 9.47 Å². The molecule has 0 aliphatic carbocycles. The molecular weight excluding hydrogens is 248 g/mol. The molecule has 1 aromatic carbocycles. The number of hydrogen-bond donors (Lipinski definition) is 0. The van der Waals surface area contributed by atoms with Gasteiger partial charge in [0, 0.05) is 0 Å². The van der Waals surface area contributed by atoms with E-state index in [9.17, 15) is 0 Å². The predicted molar refractivity (Wildman–Crippen MR) is 83.5 cm³/mol. The summed E-state index contributed by atoms with van der Waals surface area (Å²) < 4.78 is 11.5. The molecule has 0 N–H and O–H groups in total. The van der Waals surface area contributed by atoms with E-state index in [1.807, 2.05) is 0 Å². The Bertz CT molecular complexity index is 453. The fourth-order valence-electron chi connectivity index (χ4n) is 2.89. The highest BCUT2D eigenvalue weighted by Crippen LogP contribution is 2.35. The molecule has 1 aliphatic heterocycles. The summed E-state index contributed by atoms with van der Waals surface area (Å²) in [7, 11) is 0. The molecule has 3 atom stereocenters. The maximum Gasteiger partial charge on any atom is 0.122 e. The molecule has 0 radical (unpaired) electrons. The lowest BCUT2D eigenvalue weighted by Gasteiger charge is -2.16. The summed E-state index contributed by atoms with van der Waals surface area (Å²) in [6.45, 7) is 11.8. The van der Waals surface area contributed by atoms with Crippen LogP contribution in [0.3, 0.4) is 0 Å². The summed E-state index contributed by atoms with van der Waals surface area (Å²) in [5.41, 5.74) is 4.09. The second-order valence-corrected chi connectivity index (χ2v) is 6.05. The quantitative estimate of drug-likeness (QED) is 0.686. The van der Waals surface area contributed by atoms with Crippen molar-refractivity contribution < 1.29 is 9.47 Å². The van der Waals surface area contributed by atoms with Gasteiger partial charge in [0.2, 0.25) is 0 Å². The van der Waals surface area contributed by atoms with Crippen molar-refractivity contribution in [1.29, 1.82) is 0 Å². The standard InChI is InChI=1S/C18H28O2/c1-6-10-19-17-9-8-15(13(4)14(17)5)11-12(3)18-16(7-2)20-18/h8-9,12,16,18H,6-7,10-11H2,1-5H3. The zero-order valence-electron chi connectivity index (χ0n) is 13.5. The molecule has 112 valence electrons. The Morgan fingerprint density at radius 3 is 2.55 bits per heavy atom. The van der Waals surface area contributed by atoms with E-state index in [2.05, 4.69) is 46.8 Å². The number of hydrogen-bond acceptors (Lipinski definition) is 2. The number of ether oxygens (including phenoxy) is 2. The average Bonchev–Trinajstić information content (AvgIpc) is 3.23. The van der Waals surface area contributed by atoms with Crippen molar-refractivity contribution in [2.24, 2.45) is 5.92 Å². The lowest BCUT2D eigenvalue weighted by atomic mass is 9.91. The maximum atomic E-state index is 5.80.